The number of rotatable bonds is 10. The average molecular weight is 484 g/mol. The van der Waals surface area contributed by atoms with Crippen LogP contribution in [-0.4, -0.2) is 55.0 Å². The van der Waals surface area contributed by atoms with Gasteiger partial charge in [0.1, 0.15) is 5.69 Å². The molecule has 1 saturated heterocycles. The van der Waals surface area contributed by atoms with Gasteiger partial charge in [-0.15, -0.1) is 16.4 Å². The highest BCUT2D eigenvalue weighted by Crippen LogP contribution is 2.27. The molecule has 1 fully saturated rings. The van der Waals surface area contributed by atoms with Crippen molar-refractivity contribution < 1.29 is 24.2 Å². The summed E-state index contributed by atoms with van der Waals surface area (Å²) in [6.07, 6.45) is -0.226. The number of hydrogen-bond donors (Lipinski definition) is 2. The molecule has 3 atom stereocenters. The van der Waals surface area contributed by atoms with Gasteiger partial charge < -0.3 is 15.2 Å². The maximum atomic E-state index is 13.0. The lowest BCUT2D eigenvalue weighted by Crippen LogP contribution is -2.34. The molecule has 34 heavy (non-hydrogen) atoms. The van der Waals surface area contributed by atoms with Crippen molar-refractivity contribution in [2.24, 2.45) is 5.92 Å². The summed E-state index contributed by atoms with van der Waals surface area (Å²) < 4.78 is 6.63. The van der Waals surface area contributed by atoms with E-state index in [1.165, 1.54) is 16.9 Å². The molecule has 1 aliphatic heterocycles. The number of epoxide rings is 1. The molecule has 0 unspecified atom stereocenters. The third-order valence-electron chi connectivity index (χ3n) is 5.66. The van der Waals surface area contributed by atoms with Crippen LogP contribution in [0.3, 0.4) is 0 Å². The molecule has 3 heterocycles. The molecule has 4 rings (SSSR count). The summed E-state index contributed by atoms with van der Waals surface area (Å²) in [5, 5.41) is 22.0. The van der Waals surface area contributed by atoms with E-state index >= 15 is 0 Å². The third-order valence-corrected chi connectivity index (χ3v) is 6.29. The molecule has 11 heteroatoms. The van der Waals surface area contributed by atoms with Gasteiger partial charge in [-0.05, 0) is 31.9 Å². The van der Waals surface area contributed by atoms with Crippen LogP contribution in [0.25, 0.3) is 5.69 Å². The summed E-state index contributed by atoms with van der Waals surface area (Å²) >= 11 is 1.40. The van der Waals surface area contributed by atoms with E-state index in [4.69, 9.17) is 9.84 Å². The number of amides is 1. The number of carbonyl (C=O) groups is 3. The molecule has 2 N–H and O–H groups in total. The SMILES string of the molecule is Cc1cc(C)c(-n2cc(CNC(=O)[C@@H](CC(=O)[C@H]3O[C@@H]3C(=O)O)Cc3cscn3)nn2)c(C)c1. The van der Waals surface area contributed by atoms with Crippen LogP contribution in [-0.2, 0) is 32.1 Å². The Morgan fingerprint density at radius 2 is 1.91 bits per heavy atom. The monoisotopic (exact) mass is 483 g/mol. The summed E-state index contributed by atoms with van der Waals surface area (Å²) in [5.41, 5.74) is 7.18. The molecule has 0 saturated carbocycles. The highest BCUT2D eigenvalue weighted by Gasteiger charge is 2.50. The number of nitrogens with zero attached hydrogens (tertiary/aromatic N) is 4. The summed E-state index contributed by atoms with van der Waals surface area (Å²) in [6.45, 7) is 6.20. The molecule has 0 radical (unpaired) electrons. The lowest BCUT2D eigenvalue weighted by molar-refractivity contribution is -0.138. The van der Waals surface area contributed by atoms with Crippen LogP contribution in [0.5, 0.6) is 0 Å². The molecule has 178 valence electrons. The van der Waals surface area contributed by atoms with Crippen LogP contribution in [0.15, 0.2) is 29.2 Å². The van der Waals surface area contributed by atoms with Crippen molar-refractivity contribution in [2.75, 3.05) is 0 Å². The fourth-order valence-corrected chi connectivity index (χ4v) is 4.67. The van der Waals surface area contributed by atoms with Crippen LogP contribution in [0.4, 0.5) is 0 Å². The van der Waals surface area contributed by atoms with Crippen molar-refractivity contribution in [3.8, 4) is 5.69 Å². The number of aromatic nitrogens is 4. The van der Waals surface area contributed by atoms with Gasteiger partial charge in [-0.2, -0.15) is 0 Å². The zero-order chi connectivity index (χ0) is 24.4. The van der Waals surface area contributed by atoms with E-state index in [-0.39, 0.29) is 25.3 Å². The first-order valence-corrected chi connectivity index (χ1v) is 11.7. The van der Waals surface area contributed by atoms with Crippen molar-refractivity contribution >= 4 is 29.0 Å². The lowest BCUT2D eigenvalue weighted by atomic mass is 9.94. The number of carbonyl (C=O) groups excluding carboxylic acids is 2. The first kappa shape index (κ1) is 23.7. The second-order valence-electron chi connectivity index (χ2n) is 8.49. The van der Waals surface area contributed by atoms with Crippen LogP contribution < -0.4 is 5.32 Å². The van der Waals surface area contributed by atoms with Gasteiger partial charge in [0.15, 0.2) is 18.0 Å². The normalized spacial score (nSPS) is 17.9. The zero-order valence-electron chi connectivity index (χ0n) is 19.0. The summed E-state index contributed by atoms with van der Waals surface area (Å²) in [6, 6.07) is 4.15. The summed E-state index contributed by atoms with van der Waals surface area (Å²) in [5.74, 6) is -2.63. The number of carboxylic acid groups (broad SMARTS) is 1. The number of benzene rings is 1. The molecule has 2 aromatic heterocycles. The van der Waals surface area contributed by atoms with Crippen LogP contribution in [0, 0.1) is 26.7 Å². The molecule has 1 amide bonds. The van der Waals surface area contributed by atoms with E-state index in [2.05, 4.69) is 32.7 Å². The molecule has 0 aliphatic carbocycles. The van der Waals surface area contributed by atoms with Gasteiger partial charge in [0, 0.05) is 18.2 Å². The Kier molecular flexibility index (Phi) is 6.85. The minimum Gasteiger partial charge on any atom is -0.479 e. The minimum atomic E-state index is -1.18. The number of ketones is 1. The largest absolute Gasteiger partial charge is 0.479 e. The summed E-state index contributed by atoms with van der Waals surface area (Å²) in [4.78, 5) is 40.6. The first-order chi connectivity index (χ1) is 16.2. The number of carboxylic acids is 1. The quantitative estimate of drug-likeness (QED) is 0.417. The fourth-order valence-electron chi connectivity index (χ4n) is 4.10. The van der Waals surface area contributed by atoms with E-state index in [1.54, 1.807) is 16.4 Å². The Morgan fingerprint density at radius 1 is 1.18 bits per heavy atom. The second kappa shape index (κ2) is 9.82. The van der Waals surface area contributed by atoms with Gasteiger partial charge in [-0.3, -0.25) is 9.59 Å². The van der Waals surface area contributed by atoms with Crippen molar-refractivity contribution in [2.45, 2.75) is 52.4 Å². The van der Waals surface area contributed by atoms with Gasteiger partial charge in [0.25, 0.3) is 0 Å². The average Bonchev–Trinajstić information content (AvgIpc) is 3.17. The molecular formula is C23H25N5O5S. The topological polar surface area (TPSA) is 140 Å². The van der Waals surface area contributed by atoms with Crippen molar-refractivity contribution in [3.05, 3.63) is 57.3 Å². The van der Waals surface area contributed by atoms with Gasteiger partial charge in [-0.25, -0.2) is 14.5 Å². The minimum absolute atomic E-state index is 0.133. The predicted octanol–water partition coefficient (Wildman–Crippen LogP) is 1.94. The Labute approximate surface area is 200 Å². The number of hydrogen-bond acceptors (Lipinski definition) is 8. The zero-order valence-corrected chi connectivity index (χ0v) is 19.8. The van der Waals surface area contributed by atoms with Gasteiger partial charge in [-0.1, -0.05) is 22.9 Å². The van der Waals surface area contributed by atoms with Crippen molar-refractivity contribution in [1.82, 2.24) is 25.3 Å². The standard InChI is InChI=1S/C23H25N5O5S/c1-12-4-13(2)19(14(3)5-12)28-9-17(26-27-28)8-24-22(30)15(6-16-10-34-11-25-16)7-18(29)20-21(33-20)23(31)32/h4-5,9-11,15,20-21H,6-8H2,1-3H3,(H,24,30)(H,31,32)/t15-,20-,21+/m1/s1. The highest BCUT2D eigenvalue weighted by atomic mass is 32.1. The molecule has 1 aliphatic rings. The number of Topliss-reactive ketones (excluding diaryl/α,β-unsaturated/α-hetero) is 1. The first-order valence-electron chi connectivity index (χ1n) is 10.8. The van der Waals surface area contributed by atoms with Gasteiger partial charge >= 0.3 is 5.97 Å². The molecule has 0 spiro atoms. The van der Waals surface area contributed by atoms with Crippen molar-refractivity contribution in [1.29, 1.82) is 0 Å². The van der Waals surface area contributed by atoms with Gasteiger partial charge in [0.05, 0.1) is 35.6 Å². The van der Waals surface area contributed by atoms with E-state index in [0.29, 0.717) is 11.4 Å². The Hall–Kier alpha value is -3.44. The van der Waals surface area contributed by atoms with Crippen LogP contribution in [0.1, 0.15) is 34.5 Å². The maximum absolute atomic E-state index is 13.0. The van der Waals surface area contributed by atoms with Crippen LogP contribution in [0.2, 0.25) is 0 Å². The third kappa shape index (κ3) is 5.37. The number of aryl methyl sites for hydroxylation is 3. The summed E-state index contributed by atoms with van der Waals surface area (Å²) in [7, 11) is 0. The smallest absolute Gasteiger partial charge is 0.336 e. The van der Waals surface area contributed by atoms with E-state index in [1.807, 2.05) is 26.2 Å². The molecule has 10 nitrogen and oxygen atoms in total. The maximum Gasteiger partial charge on any atom is 0.336 e. The van der Waals surface area contributed by atoms with Crippen LogP contribution >= 0.6 is 11.3 Å². The van der Waals surface area contributed by atoms with Crippen molar-refractivity contribution in [3.63, 3.8) is 0 Å². The lowest BCUT2D eigenvalue weighted by Gasteiger charge is -2.14. The second-order valence-corrected chi connectivity index (χ2v) is 9.21. The number of thiazole rings is 1. The number of ether oxygens (including phenoxy) is 1. The fraction of sp³-hybridized carbons (Fsp3) is 0.391. The molecular weight excluding hydrogens is 458 g/mol. The molecule has 1 aromatic carbocycles. The Bertz CT molecular complexity index is 1200. The number of nitrogens with one attached hydrogen (secondary N) is 1. The Balaban J connectivity index is 1.42. The molecule has 3 aromatic rings. The van der Waals surface area contributed by atoms with E-state index in [0.717, 1.165) is 16.8 Å². The van der Waals surface area contributed by atoms with E-state index < -0.39 is 29.9 Å². The molecule has 0 bridgehead atoms. The predicted molar refractivity (Wildman–Crippen MR) is 123 cm³/mol. The van der Waals surface area contributed by atoms with E-state index in [9.17, 15) is 14.4 Å². The van der Waals surface area contributed by atoms with Gasteiger partial charge in [0.2, 0.25) is 5.91 Å². The Morgan fingerprint density at radius 3 is 2.53 bits per heavy atom. The highest BCUT2D eigenvalue weighted by molar-refractivity contribution is 7.07. The number of aliphatic carboxylic acids is 1.